The summed E-state index contributed by atoms with van der Waals surface area (Å²) in [5, 5.41) is 2.41. The van der Waals surface area contributed by atoms with Crippen molar-refractivity contribution in [1.29, 1.82) is 0 Å². The average Bonchev–Trinajstić information content (AvgIpc) is 2.44. The van der Waals surface area contributed by atoms with E-state index in [0.717, 1.165) is 4.31 Å². The van der Waals surface area contributed by atoms with E-state index >= 15 is 0 Å². The first-order chi connectivity index (χ1) is 8.95. The van der Waals surface area contributed by atoms with E-state index in [1.165, 1.54) is 26.3 Å². The first-order valence-corrected chi connectivity index (χ1v) is 7.24. The molecule has 0 fully saturated rings. The van der Waals surface area contributed by atoms with Crippen LogP contribution in [0.25, 0.3) is 0 Å². The number of carbonyl (C=O) groups is 1. The molecule has 0 radical (unpaired) electrons. The third-order valence-electron chi connectivity index (χ3n) is 2.65. The van der Waals surface area contributed by atoms with Crippen LogP contribution in [0.1, 0.15) is 6.92 Å². The minimum Gasteiger partial charge on any atom is -0.497 e. The number of hydrogen-bond donors (Lipinski definition) is 1. The summed E-state index contributed by atoms with van der Waals surface area (Å²) in [7, 11) is -0.689. The van der Waals surface area contributed by atoms with Gasteiger partial charge in [0, 0.05) is 13.6 Å². The van der Waals surface area contributed by atoms with E-state index in [2.05, 4.69) is 5.32 Å². The molecular weight excluding hydrogens is 268 g/mol. The Kier molecular flexibility index (Phi) is 5.31. The van der Waals surface area contributed by atoms with Crippen molar-refractivity contribution in [3.8, 4) is 5.75 Å². The molecule has 0 spiro atoms. The zero-order valence-electron chi connectivity index (χ0n) is 11.2. The number of nitrogens with zero attached hydrogens (tertiary/aromatic N) is 1. The molecule has 0 saturated carbocycles. The molecule has 0 aliphatic heterocycles. The van der Waals surface area contributed by atoms with Gasteiger partial charge in [-0.25, -0.2) is 8.42 Å². The van der Waals surface area contributed by atoms with Crippen LogP contribution in [0, 0.1) is 0 Å². The highest BCUT2D eigenvalue weighted by molar-refractivity contribution is 7.89. The Balaban J connectivity index is 3.02. The van der Waals surface area contributed by atoms with E-state index in [1.54, 1.807) is 19.1 Å². The highest BCUT2D eigenvalue weighted by atomic mass is 32.2. The quantitative estimate of drug-likeness (QED) is 0.824. The molecule has 0 unspecified atom stereocenters. The highest BCUT2D eigenvalue weighted by Gasteiger charge is 2.24. The van der Waals surface area contributed by atoms with Gasteiger partial charge in [-0.2, -0.15) is 4.31 Å². The van der Waals surface area contributed by atoms with Gasteiger partial charge in [0.15, 0.2) is 0 Å². The van der Waals surface area contributed by atoms with E-state index in [1.807, 2.05) is 0 Å². The van der Waals surface area contributed by atoms with Gasteiger partial charge in [-0.05, 0) is 24.3 Å². The SMILES string of the molecule is CCN(CC(=O)NC)S(=O)(=O)c1ccc(OC)cc1. The number of hydrogen-bond acceptors (Lipinski definition) is 4. The van der Waals surface area contributed by atoms with E-state index in [4.69, 9.17) is 4.74 Å². The van der Waals surface area contributed by atoms with Crippen LogP contribution in [-0.4, -0.2) is 45.9 Å². The van der Waals surface area contributed by atoms with Crippen LogP contribution in [0.3, 0.4) is 0 Å². The first kappa shape index (κ1) is 15.5. The summed E-state index contributed by atoms with van der Waals surface area (Å²) in [5.74, 6) is 0.229. The van der Waals surface area contributed by atoms with E-state index < -0.39 is 10.0 Å². The summed E-state index contributed by atoms with van der Waals surface area (Å²) in [6, 6.07) is 6.06. The minimum absolute atomic E-state index is 0.138. The van der Waals surface area contributed by atoms with E-state index in [9.17, 15) is 13.2 Å². The predicted molar refractivity (Wildman–Crippen MR) is 71.5 cm³/mol. The Morgan fingerprint density at radius 1 is 1.32 bits per heavy atom. The normalized spacial score (nSPS) is 11.4. The molecule has 106 valence electrons. The minimum atomic E-state index is -3.66. The molecule has 0 aliphatic rings. The lowest BCUT2D eigenvalue weighted by Crippen LogP contribution is -2.39. The van der Waals surface area contributed by atoms with Crippen LogP contribution in [0.15, 0.2) is 29.2 Å². The number of methoxy groups -OCH3 is 1. The number of nitrogens with one attached hydrogen (secondary N) is 1. The van der Waals surface area contributed by atoms with Crippen molar-refractivity contribution in [2.45, 2.75) is 11.8 Å². The van der Waals surface area contributed by atoms with Gasteiger partial charge in [0.05, 0.1) is 18.6 Å². The lowest BCUT2D eigenvalue weighted by Gasteiger charge is -2.19. The number of carbonyl (C=O) groups excluding carboxylic acids is 1. The molecule has 1 N–H and O–H groups in total. The number of benzene rings is 1. The number of ether oxygens (including phenoxy) is 1. The van der Waals surface area contributed by atoms with Gasteiger partial charge in [0.1, 0.15) is 5.75 Å². The molecule has 0 bridgehead atoms. The van der Waals surface area contributed by atoms with Gasteiger partial charge < -0.3 is 10.1 Å². The Hall–Kier alpha value is -1.60. The topological polar surface area (TPSA) is 75.7 Å². The molecule has 0 heterocycles. The predicted octanol–water partition coefficient (Wildman–Crippen LogP) is 0.452. The maximum atomic E-state index is 12.3. The Morgan fingerprint density at radius 2 is 1.89 bits per heavy atom. The zero-order valence-corrected chi connectivity index (χ0v) is 12.0. The Bertz CT molecular complexity index is 525. The maximum Gasteiger partial charge on any atom is 0.243 e. The highest BCUT2D eigenvalue weighted by Crippen LogP contribution is 2.19. The monoisotopic (exact) mass is 286 g/mol. The standard InChI is InChI=1S/C12H18N2O4S/c1-4-14(9-12(15)13-2)19(16,17)11-7-5-10(18-3)6-8-11/h5-8H,4,9H2,1-3H3,(H,13,15). The fourth-order valence-electron chi connectivity index (χ4n) is 1.50. The van der Waals surface area contributed by atoms with Crippen molar-refractivity contribution in [1.82, 2.24) is 9.62 Å². The fraction of sp³-hybridized carbons (Fsp3) is 0.417. The second kappa shape index (κ2) is 6.53. The van der Waals surface area contributed by atoms with Crippen molar-refractivity contribution in [2.75, 3.05) is 27.2 Å². The average molecular weight is 286 g/mol. The van der Waals surface area contributed by atoms with Crippen LogP contribution < -0.4 is 10.1 Å². The summed E-state index contributed by atoms with van der Waals surface area (Å²) < 4.78 is 30.7. The summed E-state index contributed by atoms with van der Waals surface area (Å²) in [6.45, 7) is 1.72. The summed E-state index contributed by atoms with van der Waals surface area (Å²) >= 11 is 0. The van der Waals surface area contributed by atoms with Crippen LogP contribution in [0.2, 0.25) is 0 Å². The molecule has 6 nitrogen and oxygen atoms in total. The molecule has 0 aromatic heterocycles. The van der Waals surface area contributed by atoms with Crippen molar-refractivity contribution < 1.29 is 17.9 Å². The van der Waals surface area contributed by atoms with Crippen LogP contribution in [0.4, 0.5) is 0 Å². The van der Waals surface area contributed by atoms with Crippen molar-refractivity contribution >= 4 is 15.9 Å². The third-order valence-corrected chi connectivity index (χ3v) is 4.58. The molecule has 1 amide bonds. The molecule has 1 aromatic rings. The van der Waals surface area contributed by atoms with Crippen LogP contribution in [0.5, 0.6) is 5.75 Å². The molecule has 0 aliphatic carbocycles. The molecule has 0 atom stereocenters. The molecule has 19 heavy (non-hydrogen) atoms. The summed E-state index contributed by atoms with van der Waals surface area (Å²) in [4.78, 5) is 11.5. The first-order valence-electron chi connectivity index (χ1n) is 5.80. The van der Waals surface area contributed by atoms with Crippen molar-refractivity contribution in [2.24, 2.45) is 0 Å². The van der Waals surface area contributed by atoms with E-state index in [0.29, 0.717) is 5.75 Å². The van der Waals surface area contributed by atoms with Gasteiger partial charge in [0.2, 0.25) is 15.9 Å². The van der Waals surface area contributed by atoms with Crippen molar-refractivity contribution in [3.63, 3.8) is 0 Å². The van der Waals surface area contributed by atoms with Gasteiger partial charge in [0.25, 0.3) is 0 Å². The fourth-order valence-corrected chi connectivity index (χ4v) is 2.91. The second-order valence-corrected chi connectivity index (χ2v) is 5.72. The number of sulfonamides is 1. The van der Waals surface area contributed by atoms with Gasteiger partial charge >= 0.3 is 0 Å². The lowest BCUT2D eigenvalue weighted by atomic mass is 10.3. The second-order valence-electron chi connectivity index (χ2n) is 3.78. The van der Waals surface area contributed by atoms with Crippen molar-refractivity contribution in [3.05, 3.63) is 24.3 Å². The van der Waals surface area contributed by atoms with Gasteiger partial charge in [-0.15, -0.1) is 0 Å². The maximum absolute atomic E-state index is 12.3. The molecule has 7 heteroatoms. The summed E-state index contributed by atoms with van der Waals surface area (Å²) in [6.07, 6.45) is 0. The molecule has 1 rings (SSSR count). The smallest absolute Gasteiger partial charge is 0.243 e. The van der Waals surface area contributed by atoms with Crippen LogP contribution >= 0.6 is 0 Å². The summed E-state index contributed by atoms with van der Waals surface area (Å²) in [5.41, 5.74) is 0. The Morgan fingerprint density at radius 3 is 2.32 bits per heavy atom. The zero-order chi connectivity index (χ0) is 14.5. The van der Waals surface area contributed by atoms with Gasteiger partial charge in [-0.1, -0.05) is 6.92 Å². The van der Waals surface area contributed by atoms with Gasteiger partial charge in [-0.3, -0.25) is 4.79 Å². The van der Waals surface area contributed by atoms with Crippen LogP contribution in [-0.2, 0) is 14.8 Å². The number of amides is 1. The molecule has 0 saturated heterocycles. The number of likely N-dealkylation sites (N-methyl/N-ethyl adjacent to an activating group) is 2. The molecular formula is C12H18N2O4S. The largest absolute Gasteiger partial charge is 0.497 e. The lowest BCUT2D eigenvalue weighted by molar-refractivity contribution is -0.120. The van der Waals surface area contributed by atoms with E-state index in [-0.39, 0.29) is 23.9 Å². The Labute approximate surface area is 113 Å². The number of rotatable bonds is 6. The molecule has 1 aromatic carbocycles. The third kappa shape index (κ3) is 3.68.